The molecule has 0 aromatic heterocycles. The normalized spacial score (nSPS) is 31.7. The quantitative estimate of drug-likeness (QED) is 0.0484. The third-order valence-corrected chi connectivity index (χ3v) is 17.0. The summed E-state index contributed by atoms with van der Waals surface area (Å²) >= 11 is 0.194. The van der Waals surface area contributed by atoms with Crippen molar-refractivity contribution in [3.05, 3.63) is 5.32 Å². The van der Waals surface area contributed by atoms with E-state index >= 15 is 0 Å². The Morgan fingerprint density at radius 2 is 0.921 bits per heavy atom. The molecule has 0 N–H and O–H groups in total. The topological polar surface area (TPSA) is 48.1 Å². The summed E-state index contributed by atoms with van der Waals surface area (Å²) in [4.78, 5) is 11.2. The molecule has 4 nitrogen and oxygen atoms in total. The van der Waals surface area contributed by atoms with Gasteiger partial charge in [-0.2, -0.15) is 0 Å². The van der Waals surface area contributed by atoms with E-state index in [1.165, 1.54) is 236 Å². The van der Waals surface area contributed by atoms with Gasteiger partial charge in [0.15, 0.2) is 0 Å². The Hall–Kier alpha value is 0.359. The summed E-state index contributed by atoms with van der Waals surface area (Å²) in [6.07, 6.45) is 49.3. The van der Waals surface area contributed by atoms with Gasteiger partial charge in [0.2, 0.25) is 0 Å². The number of hydrogen-bond acceptors (Lipinski definition) is 3. The minimum absolute atomic E-state index is 0.194. The first-order valence-corrected chi connectivity index (χ1v) is 31.0. The first kappa shape index (κ1) is 56.0. The number of ether oxygens (including phenoxy) is 1. The van der Waals surface area contributed by atoms with E-state index in [1.807, 2.05) is 0 Å². The summed E-state index contributed by atoms with van der Waals surface area (Å²) in [6.45, 7) is 15.3. The molecule has 4 saturated carbocycles. The van der Waals surface area contributed by atoms with Gasteiger partial charge in [-0.1, -0.05) is 232 Å². The van der Waals surface area contributed by atoms with Gasteiger partial charge in [-0.15, -0.1) is 0 Å². The summed E-state index contributed by atoms with van der Waals surface area (Å²) in [5, 5.41) is 5.54. The molecule has 7 heteroatoms. The van der Waals surface area contributed by atoms with Gasteiger partial charge in [0.05, 0.1) is 18.2 Å². The Morgan fingerprint density at radius 1 is 0.524 bits per heavy atom. The van der Waals surface area contributed by atoms with Crippen molar-refractivity contribution in [3.63, 3.8) is 0 Å². The molecule has 6 atom stereocenters. The predicted molar refractivity (Wildman–Crippen MR) is 275 cm³/mol. The van der Waals surface area contributed by atoms with Gasteiger partial charge in [-0.3, -0.25) is 9.98 Å². The van der Waals surface area contributed by atoms with Crippen LogP contribution in [0.1, 0.15) is 266 Å². The molecule has 5 aliphatic rings. The molecule has 6 unspecified atom stereocenters. The summed E-state index contributed by atoms with van der Waals surface area (Å²) < 4.78 is 7.26. The van der Waals surface area contributed by atoms with Crippen LogP contribution in [0, 0.1) is 41.4 Å². The molecule has 1 saturated heterocycles. The van der Waals surface area contributed by atoms with Crippen molar-refractivity contribution in [2.45, 2.75) is 297 Å². The van der Waals surface area contributed by atoms with Gasteiger partial charge in [-0.05, 0) is 98.8 Å². The Balaban J connectivity index is 0.00000282. The number of unbranched alkanes of at least 4 members (excludes halogenated alkanes) is 17. The van der Waals surface area contributed by atoms with Crippen molar-refractivity contribution < 1.29 is 17.9 Å². The molecule has 0 aromatic rings. The number of aliphatic imine (C=N–C) groups is 2. The summed E-state index contributed by atoms with van der Waals surface area (Å²) in [5.41, 5.74) is 2.63. The van der Waals surface area contributed by atoms with Crippen LogP contribution in [0.2, 0.25) is 0 Å². The van der Waals surface area contributed by atoms with Crippen LogP contribution in [0.3, 0.4) is 0 Å². The van der Waals surface area contributed by atoms with Crippen LogP contribution in [0.25, 0.3) is 5.32 Å². The molecule has 0 radical (unpaired) electrons. The van der Waals surface area contributed by atoms with Gasteiger partial charge in [0.1, 0.15) is 0 Å². The third kappa shape index (κ3) is 21.3. The second-order valence-corrected chi connectivity index (χ2v) is 24.1. The third-order valence-electron chi connectivity index (χ3n) is 17.0. The van der Waals surface area contributed by atoms with Crippen LogP contribution in [0.4, 0.5) is 0 Å². The van der Waals surface area contributed by atoms with E-state index in [4.69, 9.17) is 40.2 Å². The van der Waals surface area contributed by atoms with Crippen LogP contribution in [0.15, 0.2) is 9.98 Å². The molecule has 5 fully saturated rings. The monoisotopic (exact) mass is 959 g/mol. The van der Waals surface area contributed by atoms with Crippen molar-refractivity contribution >= 4 is 31.6 Å². The van der Waals surface area contributed by atoms with Crippen molar-refractivity contribution in [2.75, 3.05) is 6.61 Å². The molecular weight excluding hydrogens is 857 g/mol. The average molecular weight is 960 g/mol. The Bertz CT molecular complexity index is 1170. The van der Waals surface area contributed by atoms with E-state index in [0.29, 0.717) is 41.9 Å². The zero-order valence-corrected chi connectivity index (χ0v) is 44.9. The number of rotatable bonds is 26. The zero-order valence-electron chi connectivity index (χ0n) is 42.2. The molecule has 1 heterocycles. The van der Waals surface area contributed by atoms with E-state index in [-0.39, 0.29) is 25.2 Å². The number of piperidine rings is 1. The van der Waals surface area contributed by atoms with Crippen LogP contribution in [-0.4, -0.2) is 48.3 Å². The van der Waals surface area contributed by atoms with Crippen LogP contribution >= 0.6 is 20.2 Å². The van der Waals surface area contributed by atoms with Crippen molar-refractivity contribution in [1.29, 1.82) is 0 Å². The minimum atomic E-state index is 0.194. The van der Waals surface area contributed by atoms with E-state index in [2.05, 4.69) is 41.5 Å². The fraction of sp³-hybridized carbons (Fsp3) is 0.964. The average Bonchev–Trinajstić information content (AvgIpc) is 3.29. The predicted octanol–water partition coefficient (Wildman–Crippen LogP) is 18.6. The van der Waals surface area contributed by atoms with Gasteiger partial charge in [0, 0.05) is 6.61 Å². The van der Waals surface area contributed by atoms with Crippen LogP contribution in [0.5, 0.6) is 0 Å². The first-order valence-electron chi connectivity index (χ1n) is 28.0. The van der Waals surface area contributed by atoms with Crippen molar-refractivity contribution in [2.24, 2.45) is 51.4 Å². The molecule has 0 bridgehead atoms. The zero-order chi connectivity index (χ0) is 45.1. The first-order chi connectivity index (χ1) is 30.7. The second-order valence-electron chi connectivity index (χ2n) is 22.3. The standard InChI is InChI=1S/C56H102N3O.2ClH.Fe/c1-7-8-9-10-11-12-13-14-15-16-17-18-19-20-21-22-23-30-38-60-56-51(48-32-26-24-27-33-48)41-50(42-52(56)49-34-28-25-29-35-49)57-46(5)53-36-31-37-54(59-53)47(6)58-55-44(3)39-43(2)40-45(55)4;;;/h43-45,48-56H,7-42H2,1-6H3;2*1H;/q-1;;;+3/p-2. The Labute approximate surface area is 407 Å². The molecule has 63 heavy (non-hydrogen) atoms. The molecule has 0 spiro atoms. The molecule has 1 aliphatic heterocycles. The fourth-order valence-electron chi connectivity index (χ4n) is 13.6. The van der Waals surface area contributed by atoms with Gasteiger partial charge in [-0.25, -0.2) is 0 Å². The molecular formula is C56H102Cl2FeN3O. The Kier molecular flexibility index (Phi) is 30.0. The SMILES string of the molecule is CCCCCCCCCCCCCCCCCCCCOC1C(C2CCCCC2)CC(N=C(C)C2CCCC(C(C)=NC3C(C)CC(C)CC3C)[N-]2)CC1C1CCCCC1.[Cl][Fe+][Cl]. The maximum absolute atomic E-state index is 7.26. The fourth-order valence-corrected chi connectivity index (χ4v) is 13.6. The summed E-state index contributed by atoms with van der Waals surface area (Å²) in [6, 6.07) is 1.47. The number of nitrogens with zero attached hydrogens (tertiary/aromatic N) is 3. The van der Waals surface area contributed by atoms with Crippen molar-refractivity contribution in [1.82, 2.24) is 0 Å². The summed E-state index contributed by atoms with van der Waals surface area (Å²) in [5.74, 6) is 5.25. The number of halogens is 2. The van der Waals surface area contributed by atoms with Gasteiger partial charge >= 0.3 is 33.3 Å². The van der Waals surface area contributed by atoms with Crippen LogP contribution < -0.4 is 0 Å². The molecule has 369 valence electrons. The summed E-state index contributed by atoms with van der Waals surface area (Å²) in [7, 11) is 9.53. The van der Waals surface area contributed by atoms with E-state index in [0.717, 1.165) is 24.4 Å². The van der Waals surface area contributed by atoms with E-state index < -0.39 is 0 Å². The number of hydrogen-bond donors (Lipinski definition) is 0. The second kappa shape index (κ2) is 33.8. The molecule has 5 rings (SSSR count). The van der Waals surface area contributed by atoms with E-state index in [9.17, 15) is 0 Å². The molecule has 0 amide bonds. The Morgan fingerprint density at radius 3 is 1.35 bits per heavy atom. The van der Waals surface area contributed by atoms with Crippen molar-refractivity contribution in [3.8, 4) is 0 Å². The van der Waals surface area contributed by atoms with E-state index in [1.54, 1.807) is 0 Å². The van der Waals surface area contributed by atoms with Gasteiger partial charge in [0.25, 0.3) is 0 Å². The maximum atomic E-state index is 7.26. The van der Waals surface area contributed by atoms with Gasteiger partial charge < -0.3 is 10.1 Å². The molecule has 0 aromatic carbocycles. The molecule has 4 aliphatic carbocycles. The van der Waals surface area contributed by atoms with Crippen LogP contribution in [-0.2, 0) is 17.9 Å².